The van der Waals surface area contributed by atoms with Gasteiger partial charge in [-0.15, -0.1) is 5.10 Å². The van der Waals surface area contributed by atoms with Crippen molar-refractivity contribution in [3.05, 3.63) is 63.7 Å². The van der Waals surface area contributed by atoms with Crippen LogP contribution in [0, 0.1) is 0 Å². The number of nitrogens with one attached hydrogen (secondary N) is 1. The molecule has 0 atom stereocenters. The van der Waals surface area contributed by atoms with Crippen molar-refractivity contribution < 1.29 is 17.9 Å². The Morgan fingerprint density at radius 3 is 2.60 bits per heavy atom. The number of rotatable bonds is 7. The van der Waals surface area contributed by atoms with Crippen molar-refractivity contribution in [1.29, 1.82) is 0 Å². The van der Waals surface area contributed by atoms with E-state index in [-0.39, 0.29) is 23.5 Å². The maximum absolute atomic E-state index is 12.8. The maximum Gasteiger partial charge on any atom is 0.433 e. The van der Waals surface area contributed by atoms with Crippen LogP contribution in [0.15, 0.2) is 36.5 Å². The number of benzene rings is 1. The van der Waals surface area contributed by atoms with E-state index in [0.717, 1.165) is 11.6 Å². The minimum Gasteiger partial charge on any atom is -0.489 e. The first-order valence-electron chi connectivity index (χ1n) is 8.93. The fourth-order valence-corrected chi connectivity index (χ4v) is 3.07. The molecule has 0 bridgehead atoms. The van der Waals surface area contributed by atoms with Gasteiger partial charge < -0.3 is 10.1 Å². The third-order valence-corrected chi connectivity index (χ3v) is 4.34. The highest BCUT2D eigenvalue weighted by Crippen LogP contribution is 2.31. The summed E-state index contributed by atoms with van der Waals surface area (Å²) in [7, 11) is 0. The van der Waals surface area contributed by atoms with E-state index >= 15 is 0 Å². The first-order valence-corrected chi connectivity index (χ1v) is 9.68. The van der Waals surface area contributed by atoms with E-state index in [2.05, 4.69) is 20.6 Å². The highest BCUT2D eigenvalue weighted by atomic mass is 35.5. The van der Waals surface area contributed by atoms with Crippen molar-refractivity contribution in [3.63, 3.8) is 0 Å². The second-order valence-electron chi connectivity index (χ2n) is 6.75. The van der Waals surface area contributed by atoms with Crippen LogP contribution in [-0.2, 0) is 19.3 Å². The predicted octanol–water partition coefficient (Wildman–Crippen LogP) is 5.45. The van der Waals surface area contributed by atoms with E-state index in [9.17, 15) is 13.2 Å². The normalized spacial score (nSPS) is 11.7. The average molecular weight is 460 g/mol. The number of halogens is 5. The monoisotopic (exact) mass is 459 g/mol. The number of aromatic nitrogens is 4. The fraction of sp³-hybridized carbons (Fsp3) is 0.316. The van der Waals surface area contributed by atoms with Crippen LogP contribution >= 0.6 is 23.2 Å². The van der Waals surface area contributed by atoms with Gasteiger partial charge in [0.2, 0.25) is 0 Å². The summed E-state index contributed by atoms with van der Waals surface area (Å²) in [6, 6.07) is 7.66. The van der Waals surface area contributed by atoms with E-state index in [1.165, 1.54) is 6.07 Å². The number of alkyl halides is 3. The molecule has 0 aliphatic rings. The van der Waals surface area contributed by atoms with Crippen LogP contribution in [0.4, 0.5) is 18.9 Å². The molecule has 3 rings (SSSR count). The lowest BCUT2D eigenvalue weighted by molar-refractivity contribution is -0.141. The fourth-order valence-electron chi connectivity index (χ4n) is 2.61. The molecule has 11 heteroatoms. The van der Waals surface area contributed by atoms with E-state index < -0.39 is 11.9 Å². The summed E-state index contributed by atoms with van der Waals surface area (Å²) < 4.78 is 45.7. The van der Waals surface area contributed by atoms with Crippen LogP contribution < -0.4 is 10.1 Å². The molecule has 6 nitrogen and oxygen atoms in total. The Morgan fingerprint density at radius 1 is 1.17 bits per heavy atom. The number of hydrogen-bond donors (Lipinski definition) is 1. The molecule has 1 N–H and O–H groups in total. The van der Waals surface area contributed by atoms with Gasteiger partial charge in [0.25, 0.3) is 0 Å². The van der Waals surface area contributed by atoms with Gasteiger partial charge in [-0.25, -0.2) is 9.67 Å². The lowest BCUT2D eigenvalue weighted by Gasteiger charge is -2.12. The molecule has 0 fully saturated rings. The van der Waals surface area contributed by atoms with Crippen LogP contribution in [0.3, 0.4) is 0 Å². The van der Waals surface area contributed by atoms with Crippen LogP contribution in [-0.4, -0.2) is 26.1 Å². The first kappa shape index (κ1) is 22.2. The maximum atomic E-state index is 12.8. The zero-order chi connectivity index (χ0) is 21.9. The van der Waals surface area contributed by atoms with Crippen molar-refractivity contribution in [1.82, 2.24) is 20.0 Å². The second-order valence-corrected chi connectivity index (χ2v) is 7.55. The minimum atomic E-state index is -4.58. The number of hydrogen-bond acceptors (Lipinski definition) is 5. The molecule has 0 saturated heterocycles. The van der Waals surface area contributed by atoms with Gasteiger partial charge in [-0.05, 0) is 43.7 Å². The summed E-state index contributed by atoms with van der Waals surface area (Å²) in [5.74, 6) is 0.605. The van der Waals surface area contributed by atoms with Crippen molar-refractivity contribution in [2.75, 3.05) is 5.32 Å². The number of pyridine rings is 1. The van der Waals surface area contributed by atoms with Gasteiger partial charge in [-0.3, -0.25) is 0 Å². The molecule has 0 amide bonds. The molecule has 0 saturated carbocycles. The van der Waals surface area contributed by atoms with Gasteiger partial charge in [-0.1, -0.05) is 34.5 Å². The molecule has 1 aromatic carbocycles. The molecule has 160 valence electrons. The average Bonchev–Trinajstić information content (AvgIpc) is 3.08. The second kappa shape index (κ2) is 9.09. The molecule has 0 aliphatic heterocycles. The van der Waals surface area contributed by atoms with Gasteiger partial charge in [0.1, 0.15) is 22.3 Å². The lowest BCUT2D eigenvalue weighted by Crippen LogP contribution is -2.09. The highest BCUT2D eigenvalue weighted by molar-refractivity contribution is 6.32. The van der Waals surface area contributed by atoms with Crippen molar-refractivity contribution in [2.45, 2.75) is 39.2 Å². The smallest absolute Gasteiger partial charge is 0.433 e. The summed E-state index contributed by atoms with van der Waals surface area (Å²) in [5, 5.41) is 11.1. The summed E-state index contributed by atoms with van der Waals surface area (Å²) >= 11 is 11.9. The minimum absolute atomic E-state index is 0.0150. The van der Waals surface area contributed by atoms with E-state index in [1.807, 2.05) is 19.9 Å². The van der Waals surface area contributed by atoms with Crippen molar-refractivity contribution >= 4 is 28.9 Å². The zero-order valence-corrected chi connectivity index (χ0v) is 17.6. The van der Waals surface area contributed by atoms with Gasteiger partial charge in [0, 0.05) is 5.69 Å². The lowest BCUT2D eigenvalue weighted by atomic mass is 10.2. The predicted molar refractivity (Wildman–Crippen MR) is 108 cm³/mol. The molecule has 0 radical (unpaired) electrons. The summed E-state index contributed by atoms with van der Waals surface area (Å²) in [4.78, 5) is 3.29. The summed E-state index contributed by atoms with van der Waals surface area (Å²) in [5.41, 5.74) is 0.561. The molecule has 0 aliphatic carbocycles. The standard InChI is InChI=1S/C19H18Cl2F3N5O/c1-11(2)30-16-4-3-12(5-15(16)20)9-29-10-14(27-28-29)8-25-13-6-17(19(22,23)24)26-18(21)7-13/h3-7,10-11H,8-9H2,1-2H3,(H,25,26). The molecule has 0 spiro atoms. The van der Waals surface area contributed by atoms with E-state index in [0.29, 0.717) is 23.0 Å². The highest BCUT2D eigenvalue weighted by Gasteiger charge is 2.33. The quantitative estimate of drug-likeness (QED) is 0.476. The molecule has 30 heavy (non-hydrogen) atoms. The Labute approximate surface area is 181 Å². The molecular formula is C19H18Cl2F3N5O. The van der Waals surface area contributed by atoms with Gasteiger partial charge in [-0.2, -0.15) is 13.2 Å². The van der Waals surface area contributed by atoms with Crippen LogP contribution in [0.5, 0.6) is 5.75 Å². The van der Waals surface area contributed by atoms with Crippen molar-refractivity contribution in [3.8, 4) is 5.75 Å². The van der Waals surface area contributed by atoms with Gasteiger partial charge >= 0.3 is 6.18 Å². The number of ether oxygens (including phenoxy) is 1. The summed E-state index contributed by atoms with van der Waals surface area (Å²) in [6.07, 6.45) is -2.88. The number of anilines is 1. The molecule has 2 aromatic heterocycles. The third-order valence-electron chi connectivity index (χ3n) is 3.85. The Morgan fingerprint density at radius 2 is 1.93 bits per heavy atom. The van der Waals surface area contributed by atoms with Gasteiger partial charge in [0.15, 0.2) is 0 Å². The molecular weight excluding hydrogens is 442 g/mol. The number of nitrogens with zero attached hydrogens (tertiary/aromatic N) is 4. The van der Waals surface area contributed by atoms with Crippen molar-refractivity contribution in [2.24, 2.45) is 0 Å². The van der Waals surface area contributed by atoms with E-state index in [1.54, 1.807) is 23.0 Å². The van der Waals surface area contributed by atoms with Gasteiger partial charge in [0.05, 0.1) is 30.4 Å². The molecule has 2 heterocycles. The topological polar surface area (TPSA) is 64.9 Å². The first-order chi connectivity index (χ1) is 14.1. The third kappa shape index (κ3) is 5.99. The molecule has 0 unspecified atom stereocenters. The SMILES string of the molecule is CC(C)Oc1ccc(Cn2cc(CNc3cc(Cl)nc(C(F)(F)F)c3)nn2)cc1Cl. The Kier molecular flexibility index (Phi) is 6.72. The molecule has 3 aromatic rings. The summed E-state index contributed by atoms with van der Waals surface area (Å²) in [6.45, 7) is 4.42. The zero-order valence-electron chi connectivity index (χ0n) is 16.0. The van der Waals surface area contributed by atoms with Crippen LogP contribution in [0.25, 0.3) is 0 Å². The van der Waals surface area contributed by atoms with Crippen LogP contribution in [0.2, 0.25) is 10.2 Å². The Hall–Kier alpha value is -2.52. The van der Waals surface area contributed by atoms with E-state index in [4.69, 9.17) is 27.9 Å². The Balaban J connectivity index is 1.63. The van der Waals surface area contributed by atoms with Crippen LogP contribution in [0.1, 0.15) is 30.8 Å². The largest absolute Gasteiger partial charge is 0.489 e. The Bertz CT molecular complexity index is 1020.